The van der Waals surface area contributed by atoms with Crippen molar-refractivity contribution in [3.63, 3.8) is 0 Å². The lowest BCUT2D eigenvalue weighted by molar-refractivity contribution is 0.435. The minimum absolute atomic E-state index is 0.404. The summed E-state index contributed by atoms with van der Waals surface area (Å²) in [6.07, 6.45) is 7.72. The van der Waals surface area contributed by atoms with Crippen LogP contribution < -0.4 is 5.73 Å². The number of rotatable bonds is 6. The van der Waals surface area contributed by atoms with Crippen molar-refractivity contribution in [2.24, 2.45) is 16.6 Å². The Morgan fingerprint density at radius 2 is 2.06 bits per heavy atom. The van der Waals surface area contributed by atoms with Crippen LogP contribution in [0.25, 0.3) is 0 Å². The van der Waals surface area contributed by atoms with E-state index >= 15 is 0 Å². The number of nitrogens with zero attached hydrogens (tertiary/aromatic N) is 1. The molecule has 0 aromatic carbocycles. The first-order valence-corrected chi connectivity index (χ1v) is 7.80. The van der Waals surface area contributed by atoms with E-state index in [1.807, 2.05) is 11.8 Å². The molecule has 2 N–H and O–H groups in total. The molecule has 0 aromatic heterocycles. The van der Waals surface area contributed by atoms with Crippen molar-refractivity contribution < 1.29 is 0 Å². The van der Waals surface area contributed by atoms with Crippen LogP contribution in [0.5, 0.6) is 0 Å². The summed E-state index contributed by atoms with van der Waals surface area (Å²) in [7, 11) is 0. The van der Waals surface area contributed by atoms with Crippen LogP contribution in [0, 0.1) is 5.92 Å². The molecule has 0 radical (unpaired) electrons. The van der Waals surface area contributed by atoms with Crippen molar-refractivity contribution in [2.45, 2.75) is 58.4 Å². The average Bonchev–Trinajstić information content (AvgIpc) is 2.30. The van der Waals surface area contributed by atoms with Gasteiger partial charge in [0.1, 0.15) is 0 Å². The van der Waals surface area contributed by atoms with Crippen LogP contribution in [0.1, 0.15) is 52.4 Å². The Morgan fingerprint density at radius 1 is 1.38 bits per heavy atom. The van der Waals surface area contributed by atoms with Gasteiger partial charge in [-0.3, -0.25) is 4.99 Å². The van der Waals surface area contributed by atoms with E-state index in [2.05, 4.69) is 18.8 Å². The third-order valence-electron chi connectivity index (χ3n) is 3.28. The molecule has 16 heavy (non-hydrogen) atoms. The Morgan fingerprint density at radius 3 is 2.69 bits per heavy atom. The van der Waals surface area contributed by atoms with Gasteiger partial charge in [0.2, 0.25) is 0 Å². The molecule has 1 saturated carbocycles. The van der Waals surface area contributed by atoms with E-state index in [0.29, 0.717) is 12.0 Å². The van der Waals surface area contributed by atoms with Gasteiger partial charge >= 0.3 is 0 Å². The van der Waals surface area contributed by atoms with Crippen LogP contribution in [0.4, 0.5) is 0 Å². The minimum atomic E-state index is 0.404. The second-order valence-electron chi connectivity index (χ2n) is 4.72. The fraction of sp³-hybridized carbons (Fsp3) is 0.923. The first kappa shape index (κ1) is 13.9. The zero-order valence-corrected chi connectivity index (χ0v) is 11.6. The number of thioether (sulfide) groups is 1. The van der Waals surface area contributed by atoms with Gasteiger partial charge in [-0.15, -0.1) is 0 Å². The van der Waals surface area contributed by atoms with E-state index in [1.165, 1.54) is 43.6 Å². The van der Waals surface area contributed by atoms with Gasteiger partial charge in [0.25, 0.3) is 0 Å². The lowest BCUT2D eigenvalue weighted by Gasteiger charge is -2.21. The molecule has 1 unspecified atom stereocenters. The lowest BCUT2D eigenvalue weighted by atomic mass is 9.88. The van der Waals surface area contributed by atoms with Crippen LogP contribution >= 0.6 is 11.8 Å². The van der Waals surface area contributed by atoms with Crippen molar-refractivity contribution in [1.29, 1.82) is 0 Å². The fourth-order valence-electron chi connectivity index (χ4n) is 2.22. The minimum Gasteiger partial charge on any atom is -0.387 e. The third kappa shape index (κ3) is 5.24. The largest absolute Gasteiger partial charge is 0.387 e. The fourth-order valence-corrected chi connectivity index (χ4v) is 3.02. The average molecular weight is 242 g/mol. The summed E-state index contributed by atoms with van der Waals surface area (Å²) in [6, 6.07) is 0.404. The smallest absolute Gasteiger partial charge is 0.0971 e. The van der Waals surface area contributed by atoms with Gasteiger partial charge < -0.3 is 5.73 Å². The van der Waals surface area contributed by atoms with E-state index in [9.17, 15) is 0 Å². The summed E-state index contributed by atoms with van der Waals surface area (Å²) in [6.45, 7) is 4.39. The Labute approximate surface area is 104 Å². The maximum atomic E-state index is 6.10. The van der Waals surface area contributed by atoms with Crippen LogP contribution in [0.2, 0.25) is 0 Å². The van der Waals surface area contributed by atoms with Gasteiger partial charge in [-0.05, 0) is 37.7 Å². The highest BCUT2D eigenvalue weighted by molar-refractivity contribution is 7.99. The van der Waals surface area contributed by atoms with Crippen LogP contribution in [-0.2, 0) is 0 Å². The van der Waals surface area contributed by atoms with E-state index in [4.69, 9.17) is 5.73 Å². The summed E-state index contributed by atoms with van der Waals surface area (Å²) in [5.41, 5.74) is 6.10. The Balaban J connectivity index is 2.29. The van der Waals surface area contributed by atoms with Crippen molar-refractivity contribution in [1.82, 2.24) is 0 Å². The molecule has 1 aliphatic rings. The van der Waals surface area contributed by atoms with Crippen molar-refractivity contribution in [2.75, 3.05) is 11.5 Å². The number of hydrogen-bond donors (Lipinski definition) is 1. The molecule has 0 saturated heterocycles. The van der Waals surface area contributed by atoms with Gasteiger partial charge in [0.15, 0.2) is 0 Å². The topological polar surface area (TPSA) is 38.4 Å². The molecule has 3 heteroatoms. The molecule has 1 fully saturated rings. The molecule has 0 amide bonds. The van der Waals surface area contributed by atoms with E-state index in [1.54, 1.807) is 0 Å². The van der Waals surface area contributed by atoms with Gasteiger partial charge in [0, 0.05) is 12.0 Å². The molecule has 1 rings (SSSR count). The molecule has 94 valence electrons. The van der Waals surface area contributed by atoms with E-state index < -0.39 is 0 Å². The molecular formula is C13H26N2S. The molecule has 0 spiro atoms. The van der Waals surface area contributed by atoms with Crippen LogP contribution in [-0.4, -0.2) is 23.4 Å². The maximum absolute atomic E-state index is 6.10. The molecule has 2 nitrogen and oxygen atoms in total. The number of hydrogen-bond acceptors (Lipinski definition) is 2. The van der Waals surface area contributed by atoms with E-state index in [0.717, 1.165) is 12.3 Å². The SMILES string of the molecule is CCSCCC(C)N=C(N)C1CCCCC1. The second kappa shape index (κ2) is 7.99. The first-order valence-electron chi connectivity index (χ1n) is 6.65. The molecule has 1 atom stereocenters. The predicted octanol–water partition coefficient (Wildman–Crippen LogP) is 3.46. The number of nitrogens with two attached hydrogens (primary N) is 1. The predicted molar refractivity (Wildman–Crippen MR) is 75.3 cm³/mol. The molecule has 0 aliphatic heterocycles. The quantitative estimate of drug-likeness (QED) is 0.440. The summed E-state index contributed by atoms with van der Waals surface area (Å²) < 4.78 is 0. The van der Waals surface area contributed by atoms with Gasteiger partial charge in [-0.1, -0.05) is 26.2 Å². The van der Waals surface area contributed by atoms with Crippen LogP contribution in [0.15, 0.2) is 4.99 Å². The van der Waals surface area contributed by atoms with Gasteiger partial charge in [-0.25, -0.2) is 0 Å². The van der Waals surface area contributed by atoms with Crippen LogP contribution in [0.3, 0.4) is 0 Å². The zero-order valence-electron chi connectivity index (χ0n) is 10.7. The van der Waals surface area contributed by atoms with Crippen molar-refractivity contribution in [3.8, 4) is 0 Å². The molecule has 0 heterocycles. The van der Waals surface area contributed by atoms with Crippen molar-refractivity contribution >= 4 is 17.6 Å². The van der Waals surface area contributed by atoms with Gasteiger partial charge in [0.05, 0.1) is 5.84 Å². The highest BCUT2D eigenvalue weighted by atomic mass is 32.2. The lowest BCUT2D eigenvalue weighted by Crippen LogP contribution is -2.27. The number of amidine groups is 1. The zero-order chi connectivity index (χ0) is 11.8. The monoisotopic (exact) mass is 242 g/mol. The highest BCUT2D eigenvalue weighted by Gasteiger charge is 2.17. The third-order valence-corrected chi connectivity index (χ3v) is 4.21. The molecular weight excluding hydrogens is 216 g/mol. The molecule has 0 aromatic rings. The summed E-state index contributed by atoms with van der Waals surface area (Å²) in [4.78, 5) is 4.65. The van der Waals surface area contributed by atoms with E-state index in [-0.39, 0.29) is 0 Å². The Hall–Kier alpha value is -0.180. The standard InChI is InChI=1S/C13H26N2S/c1-3-16-10-9-11(2)15-13(14)12-7-5-4-6-8-12/h11-12H,3-10H2,1-2H3,(H2,14,15). The Kier molecular flexibility index (Phi) is 6.93. The first-order chi connectivity index (χ1) is 7.74. The highest BCUT2D eigenvalue weighted by Crippen LogP contribution is 2.24. The molecule has 0 bridgehead atoms. The normalized spacial score (nSPS) is 21.0. The summed E-state index contributed by atoms with van der Waals surface area (Å²) in [5, 5.41) is 0. The van der Waals surface area contributed by atoms with Crippen molar-refractivity contribution in [3.05, 3.63) is 0 Å². The Bertz CT molecular complexity index is 210. The maximum Gasteiger partial charge on any atom is 0.0971 e. The summed E-state index contributed by atoms with van der Waals surface area (Å²) >= 11 is 1.99. The van der Waals surface area contributed by atoms with Gasteiger partial charge in [-0.2, -0.15) is 11.8 Å². The summed E-state index contributed by atoms with van der Waals surface area (Å²) in [5.74, 6) is 3.91. The second-order valence-corrected chi connectivity index (χ2v) is 6.12. The molecule has 1 aliphatic carbocycles. The number of aliphatic imine (C=N–C) groups is 1.